The third-order valence-corrected chi connectivity index (χ3v) is 3.74. The van der Waals surface area contributed by atoms with Crippen molar-refractivity contribution in [1.82, 2.24) is 4.57 Å². The number of rotatable bonds is 2. The maximum absolute atomic E-state index is 12.2. The molecule has 0 saturated heterocycles. The summed E-state index contributed by atoms with van der Waals surface area (Å²) in [5, 5.41) is 12.1. The Hall–Kier alpha value is -3.41. The second-order valence-electron chi connectivity index (χ2n) is 5.13. The molecule has 0 aliphatic heterocycles. The lowest BCUT2D eigenvalue weighted by Gasteiger charge is -2.05. The first-order valence-corrected chi connectivity index (χ1v) is 6.92. The number of nitrogens with zero attached hydrogens (tertiary/aromatic N) is 2. The summed E-state index contributed by atoms with van der Waals surface area (Å²) in [6, 6.07) is 14.8. The fourth-order valence-corrected chi connectivity index (χ4v) is 2.65. The van der Waals surface area contributed by atoms with Crippen LogP contribution in [-0.4, -0.2) is 9.49 Å². The van der Waals surface area contributed by atoms with Gasteiger partial charge < -0.3 is 4.42 Å². The van der Waals surface area contributed by atoms with E-state index in [2.05, 4.69) is 0 Å². The normalized spacial score (nSPS) is 11.1. The lowest BCUT2D eigenvalue weighted by atomic mass is 10.2. The van der Waals surface area contributed by atoms with Gasteiger partial charge in [0.15, 0.2) is 5.43 Å². The van der Waals surface area contributed by atoms with Crippen LogP contribution in [0.2, 0.25) is 0 Å². The third-order valence-electron chi connectivity index (χ3n) is 3.74. The molecule has 0 saturated carbocycles. The molecule has 0 radical (unpaired) electrons. The van der Waals surface area contributed by atoms with Crippen molar-refractivity contribution in [2.75, 3.05) is 0 Å². The molecule has 0 atom stereocenters. The first-order valence-electron chi connectivity index (χ1n) is 6.92. The molecule has 0 unspecified atom stereocenters. The van der Waals surface area contributed by atoms with Crippen molar-refractivity contribution in [1.29, 1.82) is 0 Å². The van der Waals surface area contributed by atoms with Crippen molar-refractivity contribution in [2.24, 2.45) is 0 Å². The van der Waals surface area contributed by atoms with Crippen LogP contribution in [-0.2, 0) is 0 Å². The summed E-state index contributed by atoms with van der Waals surface area (Å²) >= 11 is 0. The highest BCUT2D eigenvalue weighted by Crippen LogP contribution is 2.25. The molecule has 4 rings (SSSR count). The molecule has 112 valence electrons. The maximum Gasteiger partial charge on any atom is 0.270 e. The van der Waals surface area contributed by atoms with Gasteiger partial charge in [0.25, 0.3) is 5.69 Å². The van der Waals surface area contributed by atoms with Gasteiger partial charge in [0.05, 0.1) is 15.8 Å². The van der Waals surface area contributed by atoms with Crippen LogP contribution in [0.15, 0.2) is 70.0 Å². The van der Waals surface area contributed by atoms with Crippen molar-refractivity contribution < 1.29 is 9.34 Å². The van der Waals surface area contributed by atoms with E-state index in [-0.39, 0.29) is 11.1 Å². The topological polar surface area (TPSA) is 78.3 Å². The molecule has 0 aliphatic carbocycles. The van der Waals surface area contributed by atoms with Crippen LogP contribution in [0.3, 0.4) is 0 Å². The number of benzene rings is 2. The van der Waals surface area contributed by atoms with E-state index in [9.17, 15) is 14.9 Å². The van der Waals surface area contributed by atoms with E-state index < -0.39 is 4.92 Å². The molecule has 6 nitrogen and oxygen atoms in total. The third kappa shape index (κ3) is 2.08. The highest BCUT2D eigenvalue weighted by atomic mass is 16.6. The number of hydrogen-bond donors (Lipinski definition) is 0. The highest BCUT2D eigenvalue weighted by Gasteiger charge is 2.12. The summed E-state index contributed by atoms with van der Waals surface area (Å²) in [7, 11) is 0. The number of nitro benzene ring substituents is 1. The quantitative estimate of drug-likeness (QED) is 0.418. The van der Waals surface area contributed by atoms with Gasteiger partial charge in [0.2, 0.25) is 5.88 Å². The van der Waals surface area contributed by atoms with Gasteiger partial charge in [0, 0.05) is 29.8 Å². The van der Waals surface area contributed by atoms with E-state index >= 15 is 0 Å². The lowest BCUT2D eigenvalue weighted by Crippen LogP contribution is -2.03. The first kappa shape index (κ1) is 13.3. The maximum atomic E-state index is 12.2. The first-order chi connectivity index (χ1) is 11.1. The minimum Gasteiger partial charge on any atom is -0.440 e. The molecule has 0 fully saturated rings. The number of fused-ring (bicyclic) bond motifs is 2. The van der Waals surface area contributed by atoms with Crippen molar-refractivity contribution in [3.8, 4) is 5.88 Å². The van der Waals surface area contributed by atoms with E-state index in [1.165, 1.54) is 18.2 Å². The summed E-state index contributed by atoms with van der Waals surface area (Å²) in [5.74, 6) is 0.373. The van der Waals surface area contributed by atoms with Gasteiger partial charge in [0.1, 0.15) is 5.58 Å². The molecule has 4 aromatic rings. The average molecular weight is 306 g/mol. The lowest BCUT2D eigenvalue weighted by molar-refractivity contribution is -0.384. The van der Waals surface area contributed by atoms with Crippen molar-refractivity contribution in [2.45, 2.75) is 0 Å². The van der Waals surface area contributed by atoms with Gasteiger partial charge in [-0.2, -0.15) is 0 Å². The Morgan fingerprint density at radius 3 is 2.70 bits per heavy atom. The van der Waals surface area contributed by atoms with Gasteiger partial charge in [-0.3, -0.25) is 19.5 Å². The molecule has 0 bridgehead atoms. The minimum absolute atomic E-state index is 0.0233. The van der Waals surface area contributed by atoms with E-state index in [1.54, 1.807) is 47.2 Å². The predicted octanol–water partition coefficient (Wildman–Crippen LogP) is 3.65. The van der Waals surface area contributed by atoms with Gasteiger partial charge >= 0.3 is 0 Å². The highest BCUT2D eigenvalue weighted by molar-refractivity contribution is 5.84. The Bertz CT molecular complexity index is 1120. The Kier molecular flexibility index (Phi) is 2.77. The molecule has 2 aromatic carbocycles. The van der Waals surface area contributed by atoms with Crippen LogP contribution in [0, 0.1) is 10.1 Å². The Balaban J connectivity index is 1.96. The molecule has 2 aromatic heterocycles. The summed E-state index contributed by atoms with van der Waals surface area (Å²) in [6.07, 6.45) is 1.72. The van der Waals surface area contributed by atoms with E-state index in [0.29, 0.717) is 22.2 Å². The van der Waals surface area contributed by atoms with Crippen LogP contribution in [0.4, 0.5) is 5.69 Å². The minimum atomic E-state index is -0.438. The summed E-state index contributed by atoms with van der Waals surface area (Å²) < 4.78 is 7.50. The second-order valence-corrected chi connectivity index (χ2v) is 5.13. The van der Waals surface area contributed by atoms with Gasteiger partial charge in [-0.15, -0.1) is 0 Å². The Labute approximate surface area is 129 Å². The smallest absolute Gasteiger partial charge is 0.270 e. The fourth-order valence-electron chi connectivity index (χ4n) is 2.65. The average Bonchev–Trinajstić information content (AvgIpc) is 2.98. The number of hydrogen-bond acceptors (Lipinski definition) is 4. The summed E-state index contributed by atoms with van der Waals surface area (Å²) in [5.41, 5.74) is 1.12. The van der Waals surface area contributed by atoms with Crippen LogP contribution < -0.4 is 5.43 Å². The van der Waals surface area contributed by atoms with Crippen molar-refractivity contribution in [3.05, 3.63) is 81.1 Å². The monoisotopic (exact) mass is 306 g/mol. The van der Waals surface area contributed by atoms with Crippen LogP contribution >= 0.6 is 0 Å². The van der Waals surface area contributed by atoms with E-state index in [1.807, 2.05) is 0 Å². The molecule has 0 spiro atoms. The van der Waals surface area contributed by atoms with Crippen LogP contribution in [0.25, 0.3) is 27.8 Å². The van der Waals surface area contributed by atoms with E-state index in [4.69, 9.17) is 4.42 Å². The zero-order valence-electron chi connectivity index (χ0n) is 11.8. The number of nitro groups is 1. The van der Waals surface area contributed by atoms with E-state index in [0.717, 1.165) is 5.52 Å². The molecule has 2 heterocycles. The summed E-state index contributed by atoms with van der Waals surface area (Å²) in [6.45, 7) is 0. The van der Waals surface area contributed by atoms with Gasteiger partial charge in [-0.25, -0.2) is 0 Å². The van der Waals surface area contributed by atoms with Crippen molar-refractivity contribution in [3.63, 3.8) is 0 Å². The van der Waals surface area contributed by atoms with Crippen LogP contribution in [0.5, 0.6) is 0 Å². The van der Waals surface area contributed by atoms with Crippen LogP contribution in [0.1, 0.15) is 0 Å². The molecular weight excluding hydrogens is 296 g/mol. The zero-order valence-corrected chi connectivity index (χ0v) is 11.8. The molecule has 0 aliphatic rings. The number of para-hydroxylation sites is 1. The number of non-ortho nitro benzene ring substituents is 1. The fraction of sp³-hybridized carbons (Fsp3) is 0. The van der Waals surface area contributed by atoms with Crippen molar-refractivity contribution >= 4 is 27.6 Å². The van der Waals surface area contributed by atoms with Gasteiger partial charge in [-0.05, 0) is 24.3 Å². The molecule has 23 heavy (non-hydrogen) atoms. The molecule has 0 amide bonds. The summed E-state index contributed by atoms with van der Waals surface area (Å²) in [4.78, 5) is 22.6. The Morgan fingerprint density at radius 1 is 1.04 bits per heavy atom. The molecular formula is C17H10N2O4. The zero-order chi connectivity index (χ0) is 16.0. The standard InChI is InChI=1S/C17H10N2O4/c20-15-10-17(23-16-4-2-1-3-13(15)16)18-8-7-11-9-12(19(21)22)5-6-14(11)18/h1-10H. The van der Waals surface area contributed by atoms with Gasteiger partial charge in [-0.1, -0.05) is 12.1 Å². The Morgan fingerprint density at radius 2 is 1.87 bits per heavy atom. The molecule has 0 N–H and O–H groups in total. The SMILES string of the molecule is O=c1cc(-n2ccc3cc([N+](=O)[O-])ccc32)oc2ccccc12. The number of aromatic nitrogens is 1. The second kappa shape index (κ2) is 4.81. The molecule has 6 heteroatoms. The largest absolute Gasteiger partial charge is 0.440 e. The predicted molar refractivity (Wildman–Crippen MR) is 86.0 cm³/mol.